The number of rotatable bonds is 0. The average Bonchev–Trinajstić information content (AvgIpc) is 1.98. The first kappa shape index (κ1) is 5.72. The van der Waals surface area contributed by atoms with Gasteiger partial charge in [0.15, 0.2) is 0 Å². The third-order valence-electron chi connectivity index (χ3n) is 0.739. The van der Waals surface area contributed by atoms with Gasteiger partial charge in [0.05, 0.1) is 0 Å². The maximum atomic E-state index is 8.74. The van der Waals surface area contributed by atoms with Crippen LogP contribution in [0.25, 0.3) is 0 Å². The topological polar surface area (TPSA) is 46.2 Å². The predicted octanol–water partition coefficient (Wildman–Crippen LogP) is 1.69. The van der Waals surface area contributed by atoms with Crippen molar-refractivity contribution in [1.29, 1.82) is 0 Å². The fourth-order valence-electron chi connectivity index (χ4n) is 0.349. The molecule has 4 heteroatoms. The van der Waals surface area contributed by atoms with Crippen LogP contribution in [0.5, 0.6) is 5.75 Å². The molecule has 0 spiro atoms. The van der Waals surface area contributed by atoms with Gasteiger partial charge in [-0.2, -0.15) is 0 Å². The smallest absolute Gasteiger partial charge is 0.147 e. The fourth-order valence-corrected chi connectivity index (χ4v) is 1.17. The Bertz CT molecular complexity index is 178. The van der Waals surface area contributed by atoms with Crippen molar-refractivity contribution >= 4 is 27.9 Å². The average molecular weight is 150 g/mol. The molecule has 0 aliphatic carbocycles. The number of nitrogens with two attached hydrogens (primary N) is 1. The summed E-state index contributed by atoms with van der Waals surface area (Å²) in [7, 11) is 0. The second-order valence-electron chi connectivity index (χ2n) is 1.30. The van der Waals surface area contributed by atoms with Crippen molar-refractivity contribution in [2.24, 2.45) is 0 Å². The maximum Gasteiger partial charge on any atom is 0.147 e. The first-order valence-corrected chi connectivity index (χ1v) is 3.19. The van der Waals surface area contributed by atoms with E-state index in [9.17, 15) is 0 Å². The largest absolute Gasteiger partial charge is 0.505 e. The maximum absolute atomic E-state index is 8.74. The van der Waals surface area contributed by atoms with Gasteiger partial charge in [0.1, 0.15) is 15.8 Å². The van der Waals surface area contributed by atoms with E-state index >= 15 is 0 Å². The van der Waals surface area contributed by atoms with E-state index in [0.29, 0.717) is 5.00 Å². The van der Waals surface area contributed by atoms with E-state index in [1.54, 1.807) is 0 Å². The van der Waals surface area contributed by atoms with Gasteiger partial charge in [-0.05, 0) is 0 Å². The molecule has 0 radical (unpaired) electrons. The zero-order chi connectivity index (χ0) is 6.15. The summed E-state index contributed by atoms with van der Waals surface area (Å²) in [5.74, 6) is 0.0640. The number of aromatic hydroxyl groups is 1. The highest BCUT2D eigenvalue weighted by molar-refractivity contribution is 7.15. The van der Waals surface area contributed by atoms with E-state index in [4.69, 9.17) is 22.4 Å². The van der Waals surface area contributed by atoms with E-state index in [0.717, 1.165) is 0 Å². The van der Waals surface area contributed by atoms with Crippen molar-refractivity contribution in [3.05, 3.63) is 10.4 Å². The highest BCUT2D eigenvalue weighted by atomic mass is 35.5. The normalized spacial score (nSPS) is 9.62. The van der Waals surface area contributed by atoms with Crippen LogP contribution in [0.2, 0.25) is 5.02 Å². The van der Waals surface area contributed by atoms with Gasteiger partial charge >= 0.3 is 0 Å². The molecule has 44 valence electrons. The van der Waals surface area contributed by atoms with E-state index < -0.39 is 0 Å². The number of halogens is 1. The quantitative estimate of drug-likeness (QED) is 0.590. The van der Waals surface area contributed by atoms with E-state index in [1.165, 1.54) is 16.7 Å². The third kappa shape index (κ3) is 0.743. The van der Waals surface area contributed by atoms with Crippen molar-refractivity contribution in [3.8, 4) is 5.75 Å². The molecule has 1 aromatic rings. The number of thiophene rings is 1. The Morgan fingerprint density at radius 3 is 2.50 bits per heavy atom. The van der Waals surface area contributed by atoms with Gasteiger partial charge in [-0.25, -0.2) is 0 Å². The van der Waals surface area contributed by atoms with Crippen molar-refractivity contribution in [2.75, 3.05) is 5.73 Å². The van der Waals surface area contributed by atoms with Gasteiger partial charge in [0.2, 0.25) is 0 Å². The molecule has 1 heterocycles. The molecule has 0 amide bonds. The number of anilines is 1. The van der Waals surface area contributed by atoms with Crippen LogP contribution < -0.4 is 5.73 Å². The lowest BCUT2D eigenvalue weighted by Gasteiger charge is -1.83. The molecule has 0 aliphatic heterocycles. The Labute approximate surface area is 55.5 Å². The Morgan fingerprint density at radius 1 is 1.75 bits per heavy atom. The highest BCUT2D eigenvalue weighted by Crippen LogP contribution is 2.34. The lowest BCUT2D eigenvalue weighted by Crippen LogP contribution is -1.75. The molecule has 0 atom stereocenters. The van der Waals surface area contributed by atoms with Gasteiger partial charge < -0.3 is 10.8 Å². The molecule has 2 nitrogen and oxygen atoms in total. The van der Waals surface area contributed by atoms with E-state index in [2.05, 4.69) is 0 Å². The SMILES string of the molecule is Nc1scc(O)c1Cl. The van der Waals surface area contributed by atoms with Crippen molar-refractivity contribution < 1.29 is 5.11 Å². The Kier molecular flexibility index (Phi) is 1.31. The second-order valence-corrected chi connectivity index (χ2v) is 2.59. The van der Waals surface area contributed by atoms with Gasteiger partial charge in [-0.1, -0.05) is 11.6 Å². The van der Waals surface area contributed by atoms with Crippen LogP contribution in [0.4, 0.5) is 5.00 Å². The molecule has 0 unspecified atom stereocenters. The van der Waals surface area contributed by atoms with Crippen molar-refractivity contribution in [1.82, 2.24) is 0 Å². The molecule has 1 aromatic heterocycles. The van der Waals surface area contributed by atoms with E-state index in [-0.39, 0.29) is 10.8 Å². The lowest BCUT2D eigenvalue weighted by atomic mass is 10.6. The van der Waals surface area contributed by atoms with Crippen LogP contribution in [-0.2, 0) is 0 Å². The lowest BCUT2D eigenvalue weighted by molar-refractivity contribution is 0.478. The van der Waals surface area contributed by atoms with Crippen LogP contribution in [0.3, 0.4) is 0 Å². The summed E-state index contributed by atoms with van der Waals surface area (Å²) in [6, 6.07) is 0. The molecule has 0 saturated carbocycles. The minimum Gasteiger partial charge on any atom is -0.505 e. The number of hydrogen-bond donors (Lipinski definition) is 2. The summed E-state index contributed by atoms with van der Waals surface area (Å²) in [5.41, 5.74) is 5.27. The minimum atomic E-state index is 0.0640. The fraction of sp³-hybridized carbons (Fsp3) is 0. The monoisotopic (exact) mass is 149 g/mol. The first-order chi connectivity index (χ1) is 3.72. The van der Waals surface area contributed by atoms with Gasteiger partial charge in [0, 0.05) is 5.38 Å². The molecule has 0 aromatic carbocycles. The van der Waals surface area contributed by atoms with E-state index in [1.807, 2.05) is 0 Å². The van der Waals surface area contributed by atoms with Gasteiger partial charge in [-0.3, -0.25) is 0 Å². The molecular formula is C4H4ClNOS. The molecular weight excluding hydrogens is 146 g/mol. The molecule has 1 rings (SSSR count). The van der Waals surface area contributed by atoms with Crippen LogP contribution >= 0.6 is 22.9 Å². The second kappa shape index (κ2) is 1.84. The van der Waals surface area contributed by atoms with Crippen molar-refractivity contribution in [3.63, 3.8) is 0 Å². The van der Waals surface area contributed by atoms with Crippen LogP contribution in [0, 0.1) is 0 Å². The number of hydrogen-bond acceptors (Lipinski definition) is 3. The molecule has 0 fully saturated rings. The zero-order valence-electron chi connectivity index (χ0n) is 3.89. The summed E-state index contributed by atoms with van der Waals surface area (Å²) in [6.07, 6.45) is 0. The summed E-state index contributed by atoms with van der Waals surface area (Å²) in [5, 5.41) is 11.0. The Morgan fingerprint density at radius 2 is 2.38 bits per heavy atom. The summed E-state index contributed by atoms with van der Waals surface area (Å²) in [6.45, 7) is 0. The van der Waals surface area contributed by atoms with Gasteiger partial charge in [0.25, 0.3) is 0 Å². The highest BCUT2D eigenvalue weighted by Gasteiger charge is 2.02. The Balaban J connectivity index is 3.19. The summed E-state index contributed by atoms with van der Waals surface area (Å²) >= 11 is 6.66. The molecule has 8 heavy (non-hydrogen) atoms. The first-order valence-electron chi connectivity index (χ1n) is 1.93. The van der Waals surface area contributed by atoms with Crippen LogP contribution in [-0.4, -0.2) is 5.11 Å². The van der Waals surface area contributed by atoms with Crippen LogP contribution in [0.1, 0.15) is 0 Å². The van der Waals surface area contributed by atoms with Crippen molar-refractivity contribution in [2.45, 2.75) is 0 Å². The van der Waals surface area contributed by atoms with Gasteiger partial charge in [-0.15, -0.1) is 11.3 Å². The molecule has 0 bridgehead atoms. The molecule has 0 aliphatic rings. The minimum absolute atomic E-state index is 0.0640. The predicted molar refractivity (Wildman–Crippen MR) is 35.4 cm³/mol. The standard InChI is InChI=1S/C4H4ClNOS/c5-3-2(7)1-8-4(3)6/h1,7H,6H2. The third-order valence-corrected chi connectivity index (χ3v) is 2.05. The zero-order valence-corrected chi connectivity index (χ0v) is 5.46. The number of nitrogen functional groups attached to an aromatic ring is 1. The molecule has 3 N–H and O–H groups in total. The summed E-state index contributed by atoms with van der Waals surface area (Å²) in [4.78, 5) is 0. The Hall–Kier alpha value is -0.410. The van der Waals surface area contributed by atoms with Crippen LogP contribution in [0.15, 0.2) is 5.38 Å². The summed E-state index contributed by atoms with van der Waals surface area (Å²) < 4.78 is 0. The molecule has 0 saturated heterocycles.